The van der Waals surface area contributed by atoms with Crippen LogP contribution in [-0.2, 0) is 20.2 Å². The van der Waals surface area contributed by atoms with Crippen LogP contribution in [0.3, 0.4) is 0 Å². The van der Waals surface area contributed by atoms with Gasteiger partial charge in [0.2, 0.25) is 10.0 Å². The number of nitrogens with one attached hydrogen (secondary N) is 1. The SMILES string of the molecule is COC(=O)c1ccc(S(=O)(=O)NCC2(c3ccccc3)CCCC2)s1. The van der Waals surface area contributed by atoms with Crippen LogP contribution in [-0.4, -0.2) is 28.0 Å². The predicted octanol–water partition coefficient (Wildman–Crippen LogP) is 3.33. The van der Waals surface area contributed by atoms with Gasteiger partial charge in [0.1, 0.15) is 9.09 Å². The first kappa shape index (κ1) is 18.1. The fourth-order valence-electron chi connectivity index (χ4n) is 3.39. The molecule has 1 aliphatic carbocycles. The highest BCUT2D eigenvalue weighted by Crippen LogP contribution is 2.40. The first-order chi connectivity index (χ1) is 12.0. The zero-order valence-corrected chi connectivity index (χ0v) is 15.7. The summed E-state index contributed by atoms with van der Waals surface area (Å²) in [6, 6.07) is 13.0. The van der Waals surface area contributed by atoms with Gasteiger partial charge < -0.3 is 4.74 Å². The van der Waals surface area contributed by atoms with Gasteiger partial charge in [-0.2, -0.15) is 0 Å². The van der Waals surface area contributed by atoms with Crippen LogP contribution < -0.4 is 4.72 Å². The molecule has 5 nitrogen and oxygen atoms in total. The highest BCUT2D eigenvalue weighted by molar-refractivity contribution is 7.91. The summed E-state index contributed by atoms with van der Waals surface area (Å²) < 4.78 is 32.8. The number of carbonyl (C=O) groups is 1. The number of methoxy groups -OCH3 is 1. The minimum atomic E-state index is -3.65. The van der Waals surface area contributed by atoms with Crippen molar-refractivity contribution >= 4 is 27.3 Å². The molecule has 134 valence electrons. The molecule has 1 fully saturated rings. The Bertz CT molecular complexity index is 837. The molecule has 3 rings (SSSR count). The van der Waals surface area contributed by atoms with Crippen molar-refractivity contribution < 1.29 is 17.9 Å². The maximum Gasteiger partial charge on any atom is 0.348 e. The molecular weight excluding hydrogens is 358 g/mol. The van der Waals surface area contributed by atoms with Crippen LogP contribution in [0.4, 0.5) is 0 Å². The first-order valence-corrected chi connectivity index (χ1v) is 10.5. The molecule has 25 heavy (non-hydrogen) atoms. The number of thiophene rings is 1. The Balaban J connectivity index is 1.79. The lowest BCUT2D eigenvalue weighted by molar-refractivity contribution is 0.0606. The Morgan fingerprint density at radius 2 is 1.84 bits per heavy atom. The Hall–Kier alpha value is -1.70. The summed E-state index contributed by atoms with van der Waals surface area (Å²) in [5, 5.41) is 0. The summed E-state index contributed by atoms with van der Waals surface area (Å²) in [4.78, 5) is 11.8. The third kappa shape index (κ3) is 3.78. The highest BCUT2D eigenvalue weighted by atomic mass is 32.2. The summed E-state index contributed by atoms with van der Waals surface area (Å²) in [6.07, 6.45) is 4.14. The van der Waals surface area contributed by atoms with Crippen LogP contribution in [0.5, 0.6) is 0 Å². The smallest absolute Gasteiger partial charge is 0.348 e. The second kappa shape index (κ2) is 7.27. The second-order valence-corrected chi connectivity index (χ2v) is 9.37. The van der Waals surface area contributed by atoms with Crippen LogP contribution in [0.2, 0.25) is 0 Å². The van der Waals surface area contributed by atoms with Crippen molar-refractivity contribution in [3.8, 4) is 0 Å². The lowest BCUT2D eigenvalue weighted by atomic mass is 9.79. The van der Waals surface area contributed by atoms with E-state index in [-0.39, 0.29) is 14.5 Å². The van der Waals surface area contributed by atoms with Crippen LogP contribution in [0, 0.1) is 0 Å². The molecule has 1 aromatic heterocycles. The topological polar surface area (TPSA) is 72.5 Å². The maximum atomic E-state index is 12.6. The van der Waals surface area contributed by atoms with Crippen LogP contribution in [0.1, 0.15) is 40.9 Å². The minimum Gasteiger partial charge on any atom is -0.465 e. The van der Waals surface area contributed by atoms with E-state index in [2.05, 4.69) is 21.6 Å². The molecule has 1 N–H and O–H groups in total. The number of benzene rings is 1. The number of carbonyl (C=O) groups excluding carboxylic acids is 1. The number of rotatable bonds is 6. The van der Waals surface area contributed by atoms with Crippen molar-refractivity contribution in [3.05, 3.63) is 52.9 Å². The Labute approximate surface area is 152 Å². The molecule has 0 unspecified atom stereocenters. The average molecular weight is 380 g/mol. The molecule has 0 amide bonds. The molecule has 0 bridgehead atoms. The third-order valence-electron chi connectivity index (χ3n) is 4.78. The zero-order chi connectivity index (χ0) is 17.9. The summed E-state index contributed by atoms with van der Waals surface area (Å²) in [5.74, 6) is -0.525. The van der Waals surface area contributed by atoms with E-state index < -0.39 is 16.0 Å². The quantitative estimate of drug-likeness (QED) is 0.782. The van der Waals surface area contributed by atoms with Crippen LogP contribution >= 0.6 is 11.3 Å². The van der Waals surface area contributed by atoms with Crippen LogP contribution in [0.15, 0.2) is 46.7 Å². The molecule has 0 radical (unpaired) electrons. The van der Waals surface area contributed by atoms with Gasteiger partial charge in [-0.25, -0.2) is 17.9 Å². The molecule has 1 heterocycles. The van der Waals surface area contributed by atoms with E-state index >= 15 is 0 Å². The van der Waals surface area contributed by atoms with Crippen molar-refractivity contribution in [1.82, 2.24) is 4.72 Å². The number of hydrogen-bond acceptors (Lipinski definition) is 5. The van der Waals surface area contributed by atoms with Crippen molar-refractivity contribution in [1.29, 1.82) is 0 Å². The van der Waals surface area contributed by atoms with E-state index in [4.69, 9.17) is 0 Å². The van der Waals surface area contributed by atoms with E-state index in [1.54, 1.807) is 0 Å². The molecule has 2 aromatic rings. The van der Waals surface area contributed by atoms with Gasteiger partial charge in [0.15, 0.2) is 0 Å². The fourth-order valence-corrected chi connectivity index (χ4v) is 5.79. The zero-order valence-electron chi connectivity index (χ0n) is 14.0. The first-order valence-electron chi connectivity index (χ1n) is 8.20. The molecule has 0 atom stereocenters. The summed E-state index contributed by atoms with van der Waals surface area (Å²) >= 11 is 0.925. The molecule has 0 spiro atoms. The number of ether oxygens (including phenoxy) is 1. The van der Waals surface area contributed by atoms with Gasteiger partial charge in [-0.05, 0) is 30.5 Å². The van der Waals surface area contributed by atoms with Gasteiger partial charge in [-0.15, -0.1) is 11.3 Å². The van der Waals surface area contributed by atoms with Gasteiger partial charge in [-0.3, -0.25) is 0 Å². The maximum absolute atomic E-state index is 12.6. The van der Waals surface area contributed by atoms with E-state index in [9.17, 15) is 13.2 Å². The van der Waals surface area contributed by atoms with Gasteiger partial charge in [0.25, 0.3) is 0 Å². The number of sulfonamides is 1. The Kier molecular flexibility index (Phi) is 5.27. The van der Waals surface area contributed by atoms with E-state index in [0.717, 1.165) is 37.0 Å². The van der Waals surface area contributed by atoms with E-state index in [1.807, 2.05) is 18.2 Å². The average Bonchev–Trinajstić information content (AvgIpc) is 3.31. The monoisotopic (exact) mass is 379 g/mol. The molecule has 1 aromatic carbocycles. The highest BCUT2D eigenvalue weighted by Gasteiger charge is 2.36. The van der Waals surface area contributed by atoms with Gasteiger partial charge in [0.05, 0.1) is 7.11 Å². The summed E-state index contributed by atoms with van der Waals surface area (Å²) in [6.45, 7) is 0.366. The molecule has 1 saturated carbocycles. The van der Waals surface area contributed by atoms with E-state index in [0.29, 0.717) is 6.54 Å². The molecule has 1 aliphatic rings. The fraction of sp³-hybridized carbons (Fsp3) is 0.389. The van der Waals surface area contributed by atoms with Crippen molar-refractivity contribution in [2.75, 3.05) is 13.7 Å². The molecular formula is C18H21NO4S2. The summed E-state index contributed by atoms with van der Waals surface area (Å²) in [5.41, 5.74) is 1.02. The third-order valence-corrected chi connectivity index (χ3v) is 7.74. The lowest BCUT2D eigenvalue weighted by Gasteiger charge is -2.29. The van der Waals surface area contributed by atoms with Crippen molar-refractivity contribution in [2.24, 2.45) is 0 Å². The normalized spacial score (nSPS) is 16.7. The second-order valence-electron chi connectivity index (χ2n) is 6.29. The van der Waals surface area contributed by atoms with Gasteiger partial charge in [-0.1, -0.05) is 43.2 Å². The standard InChI is InChI=1S/C18H21NO4S2/c1-23-17(20)15-9-10-16(24-15)25(21,22)19-13-18(11-5-6-12-18)14-7-3-2-4-8-14/h2-4,7-10,19H,5-6,11-13H2,1H3. The number of esters is 1. The largest absolute Gasteiger partial charge is 0.465 e. The lowest BCUT2D eigenvalue weighted by Crippen LogP contribution is -2.38. The molecule has 0 aliphatic heterocycles. The van der Waals surface area contributed by atoms with Crippen molar-refractivity contribution in [3.63, 3.8) is 0 Å². The predicted molar refractivity (Wildman–Crippen MR) is 97.4 cm³/mol. The van der Waals surface area contributed by atoms with Gasteiger partial charge >= 0.3 is 5.97 Å². The molecule has 7 heteroatoms. The van der Waals surface area contributed by atoms with Crippen molar-refractivity contribution in [2.45, 2.75) is 35.3 Å². The minimum absolute atomic E-state index is 0.133. The number of hydrogen-bond donors (Lipinski definition) is 1. The Morgan fingerprint density at radius 3 is 2.48 bits per heavy atom. The molecule has 0 saturated heterocycles. The summed E-state index contributed by atoms with van der Waals surface area (Å²) in [7, 11) is -2.38. The Morgan fingerprint density at radius 1 is 1.16 bits per heavy atom. The van der Waals surface area contributed by atoms with Crippen LogP contribution in [0.25, 0.3) is 0 Å². The van der Waals surface area contributed by atoms with E-state index in [1.165, 1.54) is 24.8 Å². The van der Waals surface area contributed by atoms with Gasteiger partial charge in [0, 0.05) is 12.0 Å².